The van der Waals surface area contributed by atoms with E-state index >= 15 is 0 Å². The van der Waals surface area contributed by atoms with E-state index in [1.54, 1.807) is 11.8 Å². The molecule has 0 fully saturated rings. The lowest BCUT2D eigenvalue weighted by Gasteiger charge is -2.11. The Bertz CT molecular complexity index is 541. The fourth-order valence-corrected chi connectivity index (χ4v) is 2.60. The van der Waals surface area contributed by atoms with E-state index in [2.05, 4.69) is 43.6 Å². The summed E-state index contributed by atoms with van der Waals surface area (Å²) in [6, 6.07) is 0. The van der Waals surface area contributed by atoms with Gasteiger partial charge >= 0.3 is 0 Å². The zero-order valence-corrected chi connectivity index (χ0v) is 13.4. The molecule has 2 aromatic heterocycles. The van der Waals surface area contributed by atoms with E-state index in [1.807, 2.05) is 6.92 Å². The van der Waals surface area contributed by atoms with E-state index in [0.717, 1.165) is 28.9 Å². The van der Waals surface area contributed by atoms with Crippen molar-refractivity contribution in [1.82, 2.24) is 25.1 Å². The van der Waals surface area contributed by atoms with Crippen molar-refractivity contribution in [2.75, 3.05) is 0 Å². The third-order valence-electron chi connectivity index (χ3n) is 2.61. The van der Waals surface area contributed by atoms with Crippen molar-refractivity contribution < 1.29 is 4.63 Å². The zero-order chi connectivity index (χ0) is 13.8. The van der Waals surface area contributed by atoms with Gasteiger partial charge in [0, 0.05) is 12.3 Å². The molecular formula is C11H19ClN6OS. The topological polar surface area (TPSA) is 95.7 Å². The molecule has 0 aromatic carbocycles. The van der Waals surface area contributed by atoms with Gasteiger partial charge in [-0.25, -0.2) is 4.63 Å². The normalized spacial score (nSPS) is 10.8. The summed E-state index contributed by atoms with van der Waals surface area (Å²) in [5.74, 6) is 1.98. The van der Waals surface area contributed by atoms with E-state index < -0.39 is 0 Å². The Morgan fingerprint density at radius 1 is 1.30 bits per heavy atom. The molecule has 0 spiro atoms. The fourth-order valence-electron chi connectivity index (χ4n) is 1.64. The molecule has 2 rings (SSSR count). The van der Waals surface area contributed by atoms with Gasteiger partial charge in [-0.15, -0.1) is 22.6 Å². The second-order valence-corrected chi connectivity index (χ2v) is 5.63. The lowest BCUT2D eigenvalue weighted by Crippen LogP contribution is -2.12. The van der Waals surface area contributed by atoms with Crippen LogP contribution in [-0.4, -0.2) is 25.1 Å². The van der Waals surface area contributed by atoms with Crippen LogP contribution in [0.3, 0.4) is 0 Å². The molecule has 0 saturated carbocycles. The van der Waals surface area contributed by atoms with Crippen molar-refractivity contribution in [3.05, 3.63) is 17.2 Å². The van der Waals surface area contributed by atoms with Gasteiger partial charge < -0.3 is 10.3 Å². The van der Waals surface area contributed by atoms with Crippen molar-refractivity contribution >= 4 is 24.2 Å². The molecule has 0 saturated heterocycles. The maximum absolute atomic E-state index is 5.68. The largest absolute Gasteiger partial charge is 0.324 e. The van der Waals surface area contributed by atoms with Gasteiger partial charge in [-0.3, -0.25) is 0 Å². The molecule has 0 amide bonds. The average molecular weight is 319 g/mol. The van der Waals surface area contributed by atoms with Crippen LogP contribution in [0.1, 0.15) is 31.1 Å². The third-order valence-corrected chi connectivity index (χ3v) is 3.59. The monoisotopic (exact) mass is 318 g/mol. The van der Waals surface area contributed by atoms with Gasteiger partial charge in [-0.1, -0.05) is 35.9 Å². The SMILES string of the molecule is Cc1nonc1CSc1nnc(CN)n1CC(C)C.Cl. The number of nitrogens with zero attached hydrogens (tertiary/aromatic N) is 5. The van der Waals surface area contributed by atoms with Gasteiger partial charge in [-0.05, 0) is 12.8 Å². The van der Waals surface area contributed by atoms with Gasteiger partial charge in [-0.2, -0.15) is 0 Å². The van der Waals surface area contributed by atoms with Crippen LogP contribution >= 0.6 is 24.2 Å². The second-order valence-electron chi connectivity index (χ2n) is 4.69. The van der Waals surface area contributed by atoms with E-state index in [4.69, 9.17) is 5.73 Å². The number of halogens is 1. The number of hydrogen-bond acceptors (Lipinski definition) is 7. The molecule has 0 unspecified atom stereocenters. The van der Waals surface area contributed by atoms with Crippen molar-refractivity contribution in [3.8, 4) is 0 Å². The number of aromatic nitrogens is 5. The van der Waals surface area contributed by atoms with Crippen molar-refractivity contribution in [2.45, 2.75) is 44.8 Å². The lowest BCUT2D eigenvalue weighted by molar-refractivity contribution is 0.302. The van der Waals surface area contributed by atoms with Crippen LogP contribution in [0.4, 0.5) is 0 Å². The van der Waals surface area contributed by atoms with E-state index in [9.17, 15) is 0 Å². The number of thioether (sulfide) groups is 1. The molecule has 2 heterocycles. The molecule has 0 aliphatic carbocycles. The highest BCUT2D eigenvalue weighted by molar-refractivity contribution is 7.98. The summed E-state index contributed by atoms with van der Waals surface area (Å²) in [6.45, 7) is 7.43. The second kappa shape index (κ2) is 7.61. The molecule has 0 aliphatic heterocycles. The van der Waals surface area contributed by atoms with Crippen molar-refractivity contribution in [1.29, 1.82) is 0 Å². The average Bonchev–Trinajstić information content (AvgIpc) is 2.93. The Balaban J connectivity index is 0.00000200. The number of rotatable bonds is 6. The minimum absolute atomic E-state index is 0. The van der Waals surface area contributed by atoms with E-state index in [0.29, 0.717) is 18.2 Å². The van der Waals surface area contributed by atoms with Crippen LogP contribution in [0, 0.1) is 12.8 Å². The number of aryl methyl sites for hydroxylation is 1. The maximum atomic E-state index is 5.68. The molecule has 2 aromatic rings. The minimum Gasteiger partial charge on any atom is -0.324 e. The number of nitrogens with two attached hydrogens (primary N) is 1. The Labute approximate surface area is 128 Å². The summed E-state index contributed by atoms with van der Waals surface area (Å²) >= 11 is 1.57. The highest BCUT2D eigenvalue weighted by atomic mass is 35.5. The number of hydrogen-bond donors (Lipinski definition) is 1. The zero-order valence-electron chi connectivity index (χ0n) is 11.7. The summed E-state index contributed by atoms with van der Waals surface area (Å²) in [7, 11) is 0. The van der Waals surface area contributed by atoms with Gasteiger partial charge in [0.15, 0.2) is 5.16 Å². The molecule has 0 radical (unpaired) electrons. The molecule has 112 valence electrons. The molecule has 9 heteroatoms. The molecule has 0 aliphatic rings. The van der Waals surface area contributed by atoms with Gasteiger partial charge in [0.2, 0.25) is 0 Å². The van der Waals surface area contributed by atoms with E-state index in [1.165, 1.54) is 0 Å². The highest BCUT2D eigenvalue weighted by Gasteiger charge is 2.14. The Hall–Kier alpha value is -1.12. The Morgan fingerprint density at radius 2 is 2.05 bits per heavy atom. The van der Waals surface area contributed by atoms with Crippen LogP contribution in [0.5, 0.6) is 0 Å². The third kappa shape index (κ3) is 3.94. The fraction of sp³-hybridized carbons (Fsp3) is 0.636. The van der Waals surface area contributed by atoms with Gasteiger partial charge in [0.05, 0.1) is 6.54 Å². The Kier molecular flexibility index (Phi) is 6.44. The van der Waals surface area contributed by atoms with Gasteiger partial charge in [0.1, 0.15) is 17.2 Å². The summed E-state index contributed by atoms with van der Waals surface area (Å²) < 4.78 is 6.75. The molecule has 2 N–H and O–H groups in total. The summed E-state index contributed by atoms with van der Waals surface area (Å²) in [6.07, 6.45) is 0. The molecule has 7 nitrogen and oxygen atoms in total. The predicted molar refractivity (Wildman–Crippen MR) is 78.6 cm³/mol. The van der Waals surface area contributed by atoms with Crippen LogP contribution in [0.15, 0.2) is 9.79 Å². The van der Waals surface area contributed by atoms with Crippen LogP contribution in [0.25, 0.3) is 0 Å². The molecule has 0 bridgehead atoms. The molecule has 0 atom stereocenters. The first-order chi connectivity index (χ1) is 9.11. The highest BCUT2D eigenvalue weighted by Crippen LogP contribution is 2.23. The first-order valence-electron chi connectivity index (χ1n) is 6.14. The first kappa shape index (κ1) is 16.9. The predicted octanol–water partition coefficient (Wildman–Crippen LogP) is 1.80. The molecule has 20 heavy (non-hydrogen) atoms. The first-order valence-corrected chi connectivity index (χ1v) is 7.13. The Morgan fingerprint density at radius 3 is 2.60 bits per heavy atom. The maximum Gasteiger partial charge on any atom is 0.191 e. The smallest absolute Gasteiger partial charge is 0.191 e. The van der Waals surface area contributed by atoms with Crippen LogP contribution in [0.2, 0.25) is 0 Å². The summed E-state index contributed by atoms with van der Waals surface area (Å²) in [5.41, 5.74) is 7.32. The molecular weight excluding hydrogens is 300 g/mol. The standard InChI is InChI=1S/C11H18N6OS.ClH/c1-7(2)5-17-10(4-12)13-14-11(17)19-6-9-8(3)15-18-16-9;/h7H,4-6,12H2,1-3H3;1H. The van der Waals surface area contributed by atoms with Crippen LogP contribution < -0.4 is 5.73 Å². The minimum atomic E-state index is 0. The van der Waals surface area contributed by atoms with Crippen molar-refractivity contribution in [3.63, 3.8) is 0 Å². The van der Waals surface area contributed by atoms with E-state index in [-0.39, 0.29) is 12.4 Å². The van der Waals surface area contributed by atoms with Gasteiger partial charge in [0.25, 0.3) is 0 Å². The lowest BCUT2D eigenvalue weighted by atomic mass is 10.2. The quantitative estimate of drug-likeness (QED) is 0.811. The summed E-state index contributed by atoms with van der Waals surface area (Å²) in [5, 5.41) is 16.8. The van der Waals surface area contributed by atoms with Crippen LogP contribution in [-0.2, 0) is 18.8 Å². The summed E-state index contributed by atoms with van der Waals surface area (Å²) in [4.78, 5) is 0. The van der Waals surface area contributed by atoms with Crippen molar-refractivity contribution in [2.24, 2.45) is 11.7 Å².